The molecular weight excluding hydrogens is 218 g/mol. The van der Waals surface area contributed by atoms with E-state index in [-0.39, 0.29) is 17.7 Å². The first-order valence-electron chi connectivity index (χ1n) is 4.73. The Bertz CT molecular complexity index is 264. The molecule has 0 aliphatic rings. The van der Waals surface area contributed by atoms with E-state index in [1.54, 1.807) is 0 Å². The van der Waals surface area contributed by atoms with E-state index in [4.69, 9.17) is 9.47 Å². The molecule has 0 radical (unpaired) electrons. The lowest BCUT2D eigenvalue weighted by molar-refractivity contribution is -0.0960. The average Bonchev–Trinajstić information content (AvgIpc) is 2.01. The van der Waals surface area contributed by atoms with Crippen molar-refractivity contribution in [2.45, 2.75) is 27.1 Å². The summed E-state index contributed by atoms with van der Waals surface area (Å²) in [5, 5.41) is 0. The minimum Gasteiger partial charge on any atom is -0.355 e. The molecule has 0 aromatic heterocycles. The van der Waals surface area contributed by atoms with E-state index in [1.807, 2.05) is 20.8 Å². The smallest absolute Gasteiger partial charge is 0.212 e. The molecule has 0 saturated carbocycles. The zero-order valence-electron chi connectivity index (χ0n) is 10.0. The predicted octanol–water partition coefficient (Wildman–Crippen LogP) is 0.571. The fourth-order valence-electron chi connectivity index (χ4n) is 1.08. The van der Waals surface area contributed by atoms with E-state index < -0.39 is 16.3 Å². The maximum atomic E-state index is 11.6. The highest BCUT2D eigenvalue weighted by molar-refractivity contribution is 7.89. The van der Waals surface area contributed by atoms with Crippen molar-refractivity contribution in [1.29, 1.82) is 0 Å². The van der Waals surface area contributed by atoms with Crippen LogP contribution in [0.1, 0.15) is 20.8 Å². The molecule has 92 valence electrons. The molecule has 0 aliphatic heterocycles. The predicted molar refractivity (Wildman–Crippen MR) is 59.1 cm³/mol. The number of sulfonamides is 1. The monoisotopic (exact) mass is 239 g/mol. The topological polar surface area (TPSA) is 64.6 Å². The van der Waals surface area contributed by atoms with Crippen LogP contribution in [0.5, 0.6) is 0 Å². The molecule has 0 aliphatic carbocycles. The van der Waals surface area contributed by atoms with E-state index in [9.17, 15) is 8.42 Å². The maximum Gasteiger partial charge on any atom is 0.212 e. The third-order valence-electron chi connectivity index (χ3n) is 1.62. The molecule has 5 nitrogen and oxygen atoms in total. The molecule has 0 amide bonds. The first-order chi connectivity index (χ1) is 6.70. The lowest BCUT2D eigenvalue weighted by Gasteiger charge is -2.20. The lowest BCUT2D eigenvalue weighted by Crippen LogP contribution is -2.38. The van der Waals surface area contributed by atoms with Crippen LogP contribution in [-0.4, -0.2) is 41.2 Å². The van der Waals surface area contributed by atoms with Crippen LogP contribution in [0.4, 0.5) is 0 Å². The first kappa shape index (κ1) is 14.8. The van der Waals surface area contributed by atoms with Crippen LogP contribution in [0.25, 0.3) is 0 Å². The Morgan fingerprint density at radius 2 is 1.67 bits per heavy atom. The molecule has 0 rings (SSSR count). The second-order valence-electron chi connectivity index (χ2n) is 4.57. The van der Waals surface area contributed by atoms with Gasteiger partial charge in [-0.05, 0) is 5.41 Å². The van der Waals surface area contributed by atoms with E-state index in [0.717, 1.165) is 0 Å². The van der Waals surface area contributed by atoms with Gasteiger partial charge in [0.25, 0.3) is 0 Å². The Morgan fingerprint density at radius 3 is 2.00 bits per heavy atom. The highest BCUT2D eigenvalue weighted by Crippen LogP contribution is 2.15. The summed E-state index contributed by atoms with van der Waals surface area (Å²) in [5.74, 6) is 0.0835. The summed E-state index contributed by atoms with van der Waals surface area (Å²) in [7, 11) is -0.336. The van der Waals surface area contributed by atoms with Crippen molar-refractivity contribution in [2.24, 2.45) is 5.41 Å². The third-order valence-corrected chi connectivity index (χ3v) is 3.47. The Labute approximate surface area is 92.2 Å². The van der Waals surface area contributed by atoms with Crippen molar-refractivity contribution in [3.63, 3.8) is 0 Å². The number of rotatable bonds is 6. The molecule has 0 heterocycles. The SMILES string of the molecule is COC(CNS(=O)(=O)CC(C)(C)C)OC. The van der Waals surface area contributed by atoms with Crippen molar-refractivity contribution < 1.29 is 17.9 Å². The molecule has 1 N–H and O–H groups in total. The van der Waals surface area contributed by atoms with Crippen molar-refractivity contribution in [3.8, 4) is 0 Å². The summed E-state index contributed by atoms with van der Waals surface area (Å²) in [6.07, 6.45) is -0.542. The molecule has 0 unspecified atom stereocenters. The number of methoxy groups -OCH3 is 2. The molecule has 0 spiro atoms. The quantitative estimate of drug-likeness (QED) is 0.688. The largest absolute Gasteiger partial charge is 0.355 e. The fraction of sp³-hybridized carbons (Fsp3) is 1.00. The summed E-state index contributed by atoms with van der Waals surface area (Å²) < 4.78 is 35.3. The standard InChI is InChI=1S/C9H21NO4S/c1-9(2,3)7-15(11,12)10-6-8(13-4)14-5/h8,10H,6-7H2,1-5H3. The van der Waals surface area contributed by atoms with Gasteiger partial charge in [-0.25, -0.2) is 13.1 Å². The molecule has 0 fully saturated rings. The van der Waals surface area contributed by atoms with Gasteiger partial charge in [0, 0.05) is 14.2 Å². The average molecular weight is 239 g/mol. The molecule has 0 aromatic rings. The van der Waals surface area contributed by atoms with E-state index in [0.29, 0.717) is 0 Å². The number of hydrogen-bond acceptors (Lipinski definition) is 4. The van der Waals surface area contributed by atoms with Crippen LogP contribution in [0.15, 0.2) is 0 Å². The molecule has 0 saturated heterocycles. The lowest BCUT2D eigenvalue weighted by atomic mass is 10.0. The first-order valence-corrected chi connectivity index (χ1v) is 6.38. The van der Waals surface area contributed by atoms with Gasteiger partial charge in [0.2, 0.25) is 10.0 Å². The van der Waals surface area contributed by atoms with Crippen LogP contribution >= 0.6 is 0 Å². The Hall–Kier alpha value is -0.170. The normalized spacial score (nSPS) is 13.5. The Kier molecular flexibility index (Phi) is 5.72. The molecule has 0 bridgehead atoms. The molecular formula is C9H21NO4S. The third kappa shape index (κ3) is 7.72. The van der Waals surface area contributed by atoms with Crippen molar-refractivity contribution in [3.05, 3.63) is 0 Å². The Morgan fingerprint density at radius 1 is 1.20 bits per heavy atom. The summed E-state index contributed by atoms with van der Waals surface area (Å²) in [4.78, 5) is 0. The molecule has 0 atom stereocenters. The van der Waals surface area contributed by atoms with E-state index >= 15 is 0 Å². The second-order valence-corrected chi connectivity index (χ2v) is 6.38. The van der Waals surface area contributed by atoms with Crippen LogP contribution in [0.3, 0.4) is 0 Å². The van der Waals surface area contributed by atoms with Crippen LogP contribution in [0, 0.1) is 5.41 Å². The zero-order chi connectivity index (χ0) is 12.1. The van der Waals surface area contributed by atoms with Crippen LogP contribution in [-0.2, 0) is 19.5 Å². The van der Waals surface area contributed by atoms with Gasteiger partial charge < -0.3 is 9.47 Å². The van der Waals surface area contributed by atoms with Gasteiger partial charge >= 0.3 is 0 Å². The highest BCUT2D eigenvalue weighted by atomic mass is 32.2. The van der Waals surface area contributed by atoms with E-state index in [2.05, 4.69) is 4.72 Å². The van der Waals surface area contributed by atoms with Crippen LogP contribution < -0.4 is 4.72 Å². The summed E-state index contributed by atoms with van der Waals surface area (Å²) in [6.45, 7) is 5.74. The molecule has 6 heteroatoms. The van der Waals surface area contributed by atoms with Gasteiger partial charge in [-0.3, -0.25) is 0 Å². The van der Waals surface area contributed by atoms with Gasteiger partial charge in [-0.1, -0.05) is 20.8 Å². The summed E-state index contributed by atoms with van der Waals surface area (Å²) in [6, 6.07) is 0. The van der Waals surface area contributed by atoms with Gasteiger partial charge in [0.1, 0.15) is 0 Å². The Balaban J connectivity index is 4.16. The highest BCUT2D eigenvalue weighted by Gasteiger charge is 2.22. The summed E-state index contributed by atoms with van der Waals surface area (Å²) >= 11 is 0. The van der Waals surface area contributed by atoms with Gasteiger partial charge in [-0.15, -0.1) is 0 Å². The maximum absolute atomic E-state index is 11.6. The zero-order valence-corrected chi connectivity index (χ0v) is 10.8. The van der Waals surface area contributed by atoms with Crippen molar-refractivity contribution in [1.82, 2.24) is 4.72 Å². The number of nitrogens with one attached hydrogen (secondary N) is 1. The minimum absolute atomic E-state index is 0.0835. The van der Waals surface area contributed by atoms with Gasteiger partial charge in [-0.2, -0.15) is 0 Å². The molecule has 15 heavy (non-hydrogen) atoms. The van der Waals surface area contributed by atoms with E-state index in [1.165, 1.54) is 14.2 Å². The number of hydrogen-bond donors (Lipinski definition) is 1. The van der Waals surface area contributed by atoms with Gasteiger partial charge in [0.05, 0.1) is 12.3 Å². The summed E-state index contributed by atoms with van der Waals surface area (Å²) in [5.41, 5.74) is -0.262. The fourth-order valence-corrected chi connectivity index (χ4v) is 2.71. The second kappa shape index (κ2) is 5.79. The van der Waals surface area contributed by atoms with Crippen LogP contribution in [0.2, 0.25) is 0 Å². The minimum atomic E-state index is -3.26. The number of ether oxygens (including phenoxy) is 2. The van der Waals surface area contributed by atoms with Crippen molar-refractivity contribution >= 4 is 10.0 Å². The molecule has 0 aromatic carbocycles. The van der Waals surface area contributed by atoms with Gasteiger partial charge in [0.15, 0.2) is 6.29 Å². The van der Waals surface area contributed by atoms with Crippen molar-refractivity contribution in [2.75, 3.05) is 26.5 Å².